The van der Waals surface area contributed by atoms with Crippen LogP contribution in [0.2, 0.25) is 5.02 Å². The third kappa shape index (κ3) is 6.49. The molecule has 0 radical (unpaired) electrons. The lowest BCUT2D eigenvalue weighted by atomic mass is 10.2. The fourth-order valence-electron chi connectivity index (χ4n) is 2.89. The Labute approximate surface area is 194 Å². The van der Waals surface area contributed by atoms with E-state index in [0.717, 1.165) is 17.3 Å². The molecule has 0 atom stereocenters. The van der Waals surface area contributed by atoms with Gasteiger partial charge in [0.05, 0.1) is 37.0 Å². The van der Waals surface area contributed by atoms with Crippen LogP contribution in [-0.2, 0) is 29.3 Å². The number of nitrogens with one attached hydrogen (secondary N) is 2. The second-order valence-electron chi connectivity index (χ2n) is 6.72. The van der Waals surface area contributed by atoms with E-state index in [4.69, 9.17) is 16.3 Å². The largest absolute Gasteiger partial charge is 0.495 e. The molecule has 8 nitrogen and oxygen atoms in total. The number of aromatic nitrogens is 2. The minimum atomic E-state index is -0.288. The van der Waals surface area contributed by atoms with E-state index in [0.29, 0.717) is 33.9 Å². The predicted octanol–water partition coefficient (Wildman–Crippen LogP) is 3.08. The number of amides is 2. The number of rotatable bonds is 10. The fraction of sp³-hybridized carbons (Fsp3) is 0.227. The second-order valence-corrected chi connectivity index (χ2v) is 8.10. The standard InChI is InChI=1S/C22H23ClN4O4S/c1-31-19-8-7-16(23)9-18(19)26-21(30)14-32-22-25-11-17(13-28)27(22)12-20(29)24-10-15-5-3-2-4-6-15/h2-9,11,28H,10,12-14H2,1H3,(H,24,29)(H,26,30). The van der Waals surface area contributed by atoms with E-state index in [1.165, 1.54) is 13.3 Å². The van der Waals surface area contributed by atoms with Gasteiger partial charge in [-0.25, -0.2) is 4.98 Å². The molecule has 3 rings (SSSR count). The Bertz CT molecular complexity index is 1080. The molecule has 0 aliphatic heterocycles. The maximum atomic E-state index is 12.4. The summed E-state index contributed by atoms with van der Waals surface area (Å²) in [4.78, 5) is 29.1. The summed E-state index contributed by atoms with van der Waals surface area (Å²) in [6.45, 7) is 0.107. The molecule has 32 heavy (non-hydrogen) atoms. The first-order valence-corrected chi connectivity index (χ1v) is 11.1. The molecular formula is C22H23ClN4O4S. The molecule has 2 amide bonds. The first-order chi connectivity index (χ1) is 15.5. The van der Waals surface area contributed by atoms with Crippen molar-refractivity contribution >= 4 is 40.9 Å². The zero-order chi connectivity index (χ0) is 22.9. The SMILES string of the molecule is COc1ccc(Cl)cc1NC(=O)CSc1ncc(CO)n1CC(=O)NCc1ccccc1. The average molecular weight is 475 g/mol. The van der Waals surface area contributed by atoms with Crippen LogP contribution < -0.4 is 15.4 Å². The zero-order valence-corrected chi connectivity index (χ0v) is 18.9. The minimum Gasteiger partial charge on any atom is -0.495 e. The van der Waals surface area contributed by atoms with Crippen molar-refractivity contribution in [2.75, 3.05) is 18.2 Å². The van der Waals surface area contributed by atoms with Crippen LogP contribution >= 0.6 is 23.4 Å². The van der Waals surface area contributed by atoms with Gasteiger partial charge < -0.3 is 25.0 Å². The summed E-state index contributed by atoms with van der Waals surface area (Å²) in [6, 6.07) is 14.5. The summed E-state index contributed by atoms with van der Waals surface area (Å²) < 4.78 is 6.83. The number of methoxy groups -OCH3 is 1. The molecule has 1 aromatic heterocycles. The highest BCUT2D eigenvalue weighted by Crippen LogP contribution is 2.28. The van der Waals surface area contributed by atoms with Crippen molar-refractivity contribution < 1.29 is 19.4 Å². The monoisotopic (exact) mass is 474 g/mol. The number of ether oxygens (including phenoxy) is 1. The summed E-state index contributed by atoms with van der Waals surface area (Å²) in [7, 11) is 1.50. The van der Waals surface area contributed by atoms with Gasteiger partial charge in [-0.15, -0.1) is 0 Å². The number of aliphatic hydroxyl groups excluding tert-OH is 1. The first kappa shape index (κ1) is 23.6. The van der Waals surface area contributed by atoms with E-state index in [9.17, 15) is 14.7 Å². The summed E-state index contributed by atoms with van der Waals surface area (Å²) in [5, 5.41) is 16.1. The van der Waals surface area contributed by atoms with Gasteiger partial charge in [0.1, 0.15) is 12.3 Å². The van der Waals surface area contributed by atoms with Gasteiger partial charge in [-0.1, -0.05) is 53.7 Å². The summed E-state index contributed by atoms with van der Waals surface area (Å²) in [5.41, 5.74) is 1.93. The van der Waals surface area contributed by atoms with Gasteiger partial charge in [-0.05, 0) is 23.8 Å². The number of carbonyl (C=O) groups is 2. The Morgan fingerprint density at radius 3 is 2.69 bits per heavy atom. The molecule has 2 aromatic carbocycles. The van der Waals surface area contributed by atoms with Gasteiger partial charge in [0.2, 0.25) is 11.8 Å². The van der Waals surface area contributed by atoms with Crippen LogP contribution in [0.3, 0.4) is 0 Å². The zero-order valence-electron chi connectivity index (χ0n) is 17.4. The average Bonchev–Trinajstić information content (AvgIpc) is 3.18. The molecule has 10 heteroatoms. The van der Waals surface area contributed by atoms with Crippen LogP contribution in [0.5, 0.6) is 5.75 Å². The molecule has 0 aliphatic carbocycles. The van der Waals surface area contributed by atoms with Crippen molar-refractivity contribution in [1.82, 2.24) is 14.9 Å². The third-order valence-corrected chi connectivity index (χ3v) is 5.69. The van der Waals surface area contributed by atoms with Gasteiger partial charge in [0, 0.05) is 11.6 Å². The number of hydrogen-bond donors (Lipinski definition) is 3. The minimum absolute atomic E-state index is 0.0191. The van der Waals surface area contributed by atoms with Gasteiger partial charge in [-0.3, -0.25) is 9.59 Å². The van der Waals surface area contributed by atoms with Crippen molar-refractivity contribution in [3.8, 4) is 5.75 Å². The number of halogens is 1. The molecular weight excluding hydrogens is 452 g/mol. The van der Waals surface area contributed by atoms with E-state index in [1.54, 1.807) is 22.8 Å². The summed E-state index contributed by atoms with van der Waals surface area (Å²) >= 11 is 7.16. The Morgan fingerprint density at radius 1 is 1.19 bits per heavy atom. The van der Waals surface area contributed by atoms with E-state index >= 15 is 0 Å². The number of hydrogen-bond acceptors (Lipinski definition) is 6. The smallest absolute Gasteiger partial charge is 0.240 e. The topological polar surface area (TPSA) is 105 Å². The van der Waals surface area contributed by atoms with Crippen molar-refractivity contribution in [3.05, 3.63) is 71.0 Å². The molecule has 1 heterocycles. The molecule has 0 fully saturated rings. The molecule has 0 saturated carbocycles. The molecule has 168 valence electrons. The lowest BCUT2D eigenvalue weighted by molar-refractivity contribution is -0.122. The number of aliphatic hydroxyl groups is 1. The van der Waals surface area contributed by atoms with Crippen LogP contribution in [0.1, 0.15) is 11.3 Å². The van der Waals surface area contributed by atoms with Crippen molar-refractivity contribution in [2.45, 2.75) is 24.9 Å². The lowest BCUT2D eigenvalue weighted by Crippen LogP contribution is -2.28. The normalized spacial score (nSPS) is 10.6. The highest BCUT2D eigenvalue weighted by atomic mass is 35.5. The molecule has 0 unspecified atom stereocenters. The van der Waals surface area contributed by atoms with Crippen LogP contribution in [0.4, 0.5) is 5.69 Å². The van der Waals surface area contributed by atoms with Crippen LogP contribution in [0.15, 0.2) is 59.9 Å². The molecule has 0 bridgehead atoms. The Balaban J connectivity index is 1.60. The highest BCUT2D eigenvalue weighted by molar-refractivity contribution is 7.99. The van der Waals surface area contributed by atoms with Gasteiger partial charge in [0.25, 0.3) is 0 Å². The van der Waals surface area contributed by atoms with Gasteiger partial charge >= 0.3 is 0 Å². The Hall–Kier alpha value is -3.01. The van der Waals surface area contributed by atoms with Crippen molar-refractivity contribution in [2.24, 2.45) is 0 Å². The number of benzene rings is 2. The van der Waals surface area contributed by atoms with Gasteiger partial charge in [0.15, 0.2) is 5.16 Å². The Kier molecular flexibility index (Phi) is 8.55. The summed E-state index contributed by atoms with van der Waals surface area (Å²) in [5.74, 6) is 0.0241. The van der Waals surface area contributed by atoms with E-state index in [2.05, 4.69) is 15.6 Å². The summed E-state index contributed by atoms with van der Waals surface area (Å²) in [6.07, 6.45) is 1.49. The van der Waals surface area contributed by atoms with Crippen LogP contribution in [0.25, 0.3) is 0 Å². The van der Waals surface area contributed by atoms with E-state index in [-0.39, 0.29) is 30.7 Å². The van der Waals surface area contributed by atoms with Crippen LogP contribution in [-0.4, -0.2) is 39.3 Å². The lowest BCUT2D eigenvalue weighted by Gasteiger charge is -2.12. The second kappa shape index (κ2) is 11.6. The maximum Gasteiger partial charge on any atom is 0.240 e. The first-order valence-electron chi connectivity index (χ1n) is 9.72. The van der Waals surface area contributed by atoms with Crippen molar-refractivity contribution in [1.29, 1.82) is 0 Å². The molecule has 3 N–H and O–H groups in total. The quantitative estimate of drug-likeness (QED) is 0.390. The number of imidazole rings is 1. The third-order valence-electron chi connectivity index (χ3n) is 4.47. The highest BCUT2D eigenvalue weighted by Gasteiger charge is 2.16. The maximum absolute atomic E-state index is 12.4. The predicted molar refractivity (Wildman–Crippen MR) is 124 cm³/mol. The number of carbonyl (C=O) groups excluding carboxylic acids is 2. The van der Waals surface area contributed by atoms with E-state index < -0.39 is 0 Å². The Morgan fingerprint density at radius 2 is 1.97 bits per heavy atom. The molecule has 0 saturated heterocycles. The molecule has 0 aliphatic rings. The fourth-order valence-corrected chi connectivity index (χ4v) is 3.86. The number of nitrogens with zero attached hydrogens (tertiary/aromatic N) is 2. The van der Waals surface area contributed by atoms with E-state index in [1.807, 2.05) is 30.3 Å². The molecule has 3 aromatic rings. The van der Waals surface area contributed by atoms with Gasteiger partial charge in [-0.2, -0.15) is 0 Å². The van der Waals surface area contributed by atoms with Crippen molar-refractivity contribution in [3.63, 3.8) is 0 Å². The molecule has 0 spiro atoms. The number of thioether (sulfide) groups is 1. The number of anilines is 1. The van der Waals surface area contributed by atoms with Crippen LogP contribution in [0, 0.1) is 0 Å².